The minimum atomic E-state index is -0.340. The van der Waals surface area contributed by atoms with E-state index < -0.39 is 0 Å². The third-order valence-electron chi connectivity index (χ3n) is 3.58. The Morgan fingerprint density at radius 1 is 1.22 bits per heavy atom. The molecule has 1 atom stereocenters. The number of nitrogens with one attached hydrogen (secondary N) is 2. The summed E-state index contributed by atoms with van der Waals surface area (Å²) in [4.78, 5) is 12.2. The number of hydrogen-bond donors (Lipinski definition) is 2. The van der Waals surface area contributed by atoms with Crippen LogP contribution < -0.4 is 15.4 Å². The molecule has 2 N–H and O–H groups in total. The predicted octanol–water partition coefficient (Wildman–Crippen LogP) is 3.77. The average molecular weight is 333 g/mol. The summed E-state index contributed by atoms with van der Waals surface area (Å²) in [5.41, 5.74) is 2.93. The fourth-order valence-corrected chi connectivity index (χ4v) is 2.40. The normalized spacial score (nSPS) is 11.7. The number of carbonyl (C=O) groups is 1. The third-order valence-corrected chi connectivity index (χ3v) is 3.81. The summed E-state index contributed by atoms with van der Waals surface area (Å²) in [5, 5.41) is 6.80. The molecule has 0 saturated carbocycles. The number of aryl methyl sites for hydroxylation is 1. The Morgan fingerprint density at radius 3 is 2.52 bits per heavy atom. The fourth-order valence-electron chi connectivity index (χ4n) is 2.17. The molecule has 122 valence electrons. The van der Waals surface area contributed by atoms with E-state index in [9.17, 15) is 4.79 Å². The molecule has 0 radical (unpaired) electrons. The van der Waals surface area contributed by atoms with Crippen molar-refractivity contribution >= 4 is 23.2 Å². The van der Waals surface area contributed by atoms with Crippen molar-refractivity contribution < 1.29 is 9.53 Å². The minimum Gasteiger partial charge on any atom is -0.497 e. The van der Waals surface area contributed by atoms with Crippen LogP contribution >= 0.6 is 11.6 Å². The Balaban J connectivity index is 1.89. The largest absolute Gasteiger partial charge is 0.497 e. The number of carbonyl (C=O) groups excluding carboxylic acids is 1. The first-order chi connectivity index (χ1) is 11.0. The Labute approximate surface area is 141 Å². The fraction of sp³-hybridized carbons (Fsp3) is 0.278. The summed E-state index contributed by atoms with van der Waals surface area (Å²) >= 11 is 5.94. The highest BCUT2D eigenvalue weighted by molar-refractivity contribution is 6.30. The highest BCUT2D eigenvalue weighted by atomic mass is 35.5. The van der Waals surface area contributed by atoms with Crippen molar-refractivity contribution in [3.05, 3.63) is 58.6 Å². The standard InChI is InChI=1S/C18H21ClN2O2/c1-12-10-15(19)6-9-17(12)21-13(2)18(22)20-11-14-4-7-16(23-3)8-5-14/h4-10,13,21H,11H2,1-3H3,(H,20,22)/t13-/m0/s1. The van der Waals surface area contributed by atoms with Crippen molar-refractivity contribution in [3.8, 4) is 5.75 Å². The molecular weight excluding hydrogens is 312 g/mol. The van der Waals surface area contributed by atoms with Crippen LogP contribution in [0.25, 0.3) is 0 Å². The van der Waals surface area contributed by atoms with Gasteiger partial charge in [0.15, 0.2) is 0 Å². The van der Waals surface area contributed by atoms with Crippen LogP contribution in [-0.2, 0) is 11.3 Å². The Bertz CT molecular complexity index is 671. The van der Waals surface area contributed by atoms with Gasteiger partial charge in [0.05, 0.1) is 7.11 Å². The summed E-state index contributed by atoms with van der Waals surface area (Å²) in [6.07, 6.45) is 0. The van der Waals surface area contributed by atoms with Crippen LogP contribution in [0, 0.1) is 6.92 Å². The zero-order valence-electron chi connectivity index (χ0n) is 13.5. The smallest absolute Gasteiger partial charge is 0.242 e. The summed E-state index contributed by atoms with van der Waals surface area (Å²) in [6.45, 7) is 4.27. The second kappa shape index (κ2) is 7.88. The molecule has 0 aliphatic rings. The number of benzene rings is 2. The van der Waals surface area contributed by atoms with Gasteiger partial charge in [-0.05, 0) is 55.3 Å². The van der Waals surface area contributed by atoms with E-state index in [0.717, 1.165) is 22.6 Å². The number of hydrogen-bond acceptors (Lipinski definition) is 3. The molecule has 1 amide bonds. The lowest BCUT2D eigenvalue weighted by Crippen LogP contribution is -2.37. The van der Waals surface area contributed by atoms with Crippen molar-refractivity contribution in [2.45, 2.75) is 26.4 Å². The van der Waals surface area contributed by atoms with Gasteiger partial charge in [-0.25, -0.2) is 0 Å². The molecule has 5 heteroatoms. The van der Waals surface area contributed by atoms with Gasteiger partial charge < -0.3 is 15.4 Å². The molecule has 0 aliphatic carbocycles. The first-order valence-corrected chi connectivity index (χ1v) is 7.80. The molecule has 0 bridgehead atoms. The van der Waals surface area contributed by atoms with E-state index in [0.29, 0.717) is 11.6 Å². The molecule has 0 aromatic heterocycles. The van der Waals surface area contributed by atoms with Crippen molar-refractivity contribution in [1.82, 2.24) is 5.32 Å². The van der Waals surface area contributed by atoms with Crippen LogP contribution in [0.4, 0.5) is 5.69 Å². The van der Waals surface area contributed by atoms with Crippen molar-refractivity contribution in [2.24, 2.45) is 0 Å². The van der Waals surface area contributed by atoms with Gasteiger partial charge in [-0.1, -0.05) is 23.7 Å². The van der Waals surface area contributed by atoms with E-state index in [-0.39, 0.29) is 11.9 Å². The molecule has 2 aromatic carbocycles. The van der Waals surface area contributed by atoms with E-state index in [2.05, 4.69) is 10.6 Å². The number of methoxy groups -OCH3 is 1. The van der Waals surface area contributed by atoms with Gasteiger partial charge in [-0.3, -0.25) is 4.79 Å². The van der Waals surface area contributed by atoms with Crippen LogP contribution in [0.1, 0.15) is 18.1 Å². The van der Waals surface area contributed by atoms with E-state index in [1.54, 1.807) is 13.2 Å². The number of anilines is 1. The van der Waals surface area contributed by atoms with Gasteiger partial charge >= 0.3 is 0 Å². The van der Waals surface area contributed by atoms with Gasteiger partial charge in [0.2, 0.25) is 5.91 Å². The number of rotatable bonds is 6. The highest BCUT2D eigenvalue weighted by Gasteiger charge is 2.13. The molecule has 0 unspecified atom stereocenters. The Hall–Kier alpha value is -2.20. The first kappa shape index (κ1) is 17.2. The zero-order valence-corrected chi connectivity index (χ0v) is 14.3. The van der Waals surface area contributed by atoms with E-state index >= 15 is 0 Å². The van der Waals surface area contributed by atoms with Crippen molar-refractivity contribution in [3.63, 3.8) is 0 Å². The average Bonchev–Trinajstić information content (AvgIpc) is 2.55. The molecule has 4 nitrogen and oxygen atoms in total. The summed E-state index contributed by atoms with van der Waals surface area (Å²) in [5.74, 6) is 0.739. The van der Waals surface area contributed by atoms with E-state index in [4.69, 9.17) is 16.3 Å². The number of amides is 1. The molecule has 0 spiro atoms. The van der Waals surface area contributed by atoms with E-state index in [1.807, 2.05) is 50.2 Å². The Morgan fingerprint density at radius 2 is 1.91 bits per heavy atom. The second-order valence-corrected chi connectivity index (χ2v) is 5.83. The molecule has 0 fully saturated rings. The van der Waals surface area contributed by atoms with Crippen LogP contribution in [0.2, 0.25) is 5.02 Å². The molecule has 0 saturated heterocycles. The van der Waals surface area contributed by atoms with Crippen LogP contribution in [0.5, 0.6) is 5.75 Å². The first-order valence-electron chi connectivity index (χ1n) is 7.43. The SMILES string of the molecule is COc1ccc(CNC(=O)[C@H](C)Nc2ccc(Cl)cc2C)cc1. The maximum atomic E-state index is 12.2. The van der Waals surface area contributed by atoms with Crippen LogP contribution in [0.3, 0.4) is 0 Å². The van der Waals surface area contributed by atoms with Gasteiger partial charge in [0, 0.05) is 17.3 Å². The monoisotopic (exact) mass is 332 g/mol. The van der Waals surface area contributed by atoms with Gasteiger partial charge in [0.25, 0.3) is 0 Å². The molecule has 0 aliphatic heterocycles. The van der Waals surface area contributed by atoms with Crippen LogP contribution in [-0.4, -0.2) is 19.1 Å². The van der Waals surface area contributed by atoms with Gasteiger partial charge in [-0.15, -0.1) is 0 Å². The molecule has 0 heterocycles. The topological polar surface area (TPSA) is 50.4 Å². The van der Waals surface area contributed by atoms with Crippen molar-refractivity contribution in [1.29, 1.82) is 0 Å². The van der Waals surface area contributed by atoms with Gasteiger partial charge in [-0.2, -0.15) is 0 Å². The predicted molar refractivity (Wildman–Crippen MR) is 94.1 cm³/mol. The summed E-state index contributed by atoms with van der Waals surface area (Å²) in [6, 6.07) is 12.8. The second-order valence-electron chi connectivity index (χ2n) is 5.39. The minimum absolute atomic E-state index is 0.0600. The van der Waals surface area contributed by atoms with Gasteiger partial charge in [0.1, 0.15) is 11.8 Å². The lowest BCUT2D eigenvalue weighted by atomic mass is 10.1. The number of ether oxygens (including phenoxy) is 1. The number of halogens is 1. The lowest BCUT2D eigenvalue weighted by Gasteiger charge is -2.17. The molecule has 2 aromatic rings. The maximum Gasteiger partial charge on any atom is 0.242 e. The highest BCUT2D eigenvalue weighted by Crippen LogP contribution is 2.20. The lowest BCUT2D eigenvalue weighted by molar-refractivity contribution is -0.121. The van der Waals surface area contributed by atoms with Crippen molar-refractivity contribution in [2.75, 3.05) is 12.4 Å². The third kappa shape index (κ3) is 4.89. The molecule has 23 heavy (non-hydrogen) atoms. The summed E-state index contributed by atoms with van der Waals surface area (Å²) < 4.78 is 5.11. The van der Waals surface area contributed by atoms with Crippen LogP contribution in [0.15, 0.2) is 42.5 Å². The zero-order chi connectivity index (χ0) is 16.8. The quantitative estimate of drug-likeness (QED) is 0.846. The Kier molecular flexibility index (Phi) is 5.88. The summed E-state index contributed by atoms with van der Waals surface area (Å²) in [7, 11) is 1.63. The maximum absolute atomic E-state index is 12.2. The molecule has 2 rings (SSSR count). The molecular formula is C18H21ClN2O2. The van der Waals surface area contributed by atoms with E-state index in [1.165, 1.54) is 0 Å².